The lowest BCUT2D eigenvalue weighted by Crippen LogP contribution is -2.37. The number of carbonyl (C=O) groups excluding carboxylic acids is 6. The number of halogens is 4. The van der Waals surface area contributed by atoms with Crippen molar-refractivity contribution in [3.8, 4) is 0 Å². The Morgan fingerprint density at radius 3 is 1.10 bits per heavy atom. The quantitative estimate of drug-likeness (QED) is 0.415. The summed E-state index contributed by atoms with van der Waals surface area (Å²) in [5, 5.41) is 0. The van der Waals surface area contributed by atoms with Crippen LogP contribution in [0.1, 0.15) is 13.8 Å². The number of aromatic nitrogens is 3. The average molecular weight is 489 g/mol. The van der Waals surface area contributed by atoms with Crippen LogP contribution in [0.2, 0.25) is 0 Å². The molecule has 0 unspecified atom stereocenters. The molecule has 0 saturated carbocycles. The molecule has 0 aromatic carbocycles. The Morgan fingerprint density at radius 1 is 0.586 bits per heavy atom. The summed E-state index contributed by atoms with van der Waals surface area (Å²) in [7, 11) is 1.04. The first-order chi connectivity index (χ1) is 13.3. The van der Waals surface area contributed by atoms with Crippen molar-refractivity contribution in [3.05, 3.63) is 0 Å². The van der Waals surface area contributed by atoms with Crippen molar-refractivity contribution in [1.82, 2.24) is 19.4 Å². The molecule has 156 valence electrons. The lowest BCUT2D eigenvalue weighted by atomic mass is 10.4. The van der Waals surface area contributed by atoms with Gasteiger partial charge in [-0.3, -0.25) is 28.8 Å². The zero-order valence-corrected chi connectivity index (χ0v) is 17.6. The molecule has 17 heteroatoms. The van der Waals surface area contributed by atoms with E-state index < -0.39 is 53.0 Å². The van der Waals surface area contributed by atoms with Gasteiger partial charge in [-0.2, -0.15) is 28.2 Å². The zero-order valence-electron chi connectivity index (χ0n) is 14.6. The van der Waals surface area contributed by atoms with Crippen molar-refractivity contribution in [3.63, 3.8) is 0 Å². The largest absolute Gasteiger partial charge is 0.334 e. The fourth-order valence-electron chi connectivity index (χ4n) is 1.37. The van der Waals surface area contributed by atoms with Crippen molar-refractivity contribution in [2.45, 2.75) is 13.8 Å². The Kier molecular flexibility index (Phi) is 8.20. The van der Waals surface area contributed by atoms with E-state index in [0.717, 1.165) is 20.9 Å². The number of rotatable bonds is 5. The molecule has 0 saturated heterocycles. The minimum Gasteiger partial charge on any atom is -0.289 e. The van der Waals surface area contributed by atoms with Gasteiger partial charge in [0.1, 0.15) is 0 Å². The van der Waals surface area contributed by atoms with Gasteiger partial charge in [0.05, 0.1) is 0 Å². The monoisotopic (exact) mass is 487 g/mol. The summed E-state index contributed by atoms with van der Waals surface area (Å²) < 4.78 is 0.665. The van der Waals surface area contributed by atoms with Crippen LogP contribution in [0.15, 0.2) is 0 Å². The summed E-state index contributed by atoms with van der Waals surface area (Å²) >= 11 is 22.5. The third-order valence-corrected chi connectivity index (χ3v) is 3.79. The number of likely N-dealkylation sites (N-methyl/N-ethyl adjacent to an activating group) is 1. The molecule has 29 heavy (non-hydrogen) atoms. The normalized spacial score (nSPS) is 10.0. The number of nitrogens with zero attached hydrogens (tertiary/aromatic N) is 7. The summed E-state index contributed by atoms with van der Waals surface area (Å²) in [6.07, 6.45) is 0. The number of hydrogen-bond acceptors (Lipinski definition) is 9. The molecular weight excluding hydrogens is 480 g/mol. The highest BCUT2D eigenvalue weighted by Crippen LogP contribution is 2.23. The van der Waals surface area contributed by atoms with E-state index in [9.17, 15) is 28.8 Å². The second-order valence-electron chi connectivity index (χ2n) is 4.89. The van der Waals surface area contributed by atoms with Crippen molar-refractivity contribution in [1.29, 1.82) is 0 Å². The molecule has 13 nitrogen and oxygen atoms in total. The molecule has 1 heterocycles. The fourth-order valence-corrected chi connectivity index (χ4v) is 1.98. The van der Waals surface area contributed by atoms with E-state index >= 15 is 0 Å². The van der Waals surface area contributed by atoms with Gasteiger partial charge in [0.15, 0.2) is 0 Å². The maximum absolute atomic E-state index is 12.0. The predicted molar refractivity (Wildman–Crippen MR) is 99.8 cm³/mol. The van der Waals surface area contributed by atoms with Crippen LogP contribution in [0.25, 0.3) is 0 Å². The summed E-state index contributed by atoms with van der Waals surface area (Å²) in [4.78, 5) is 80.4. The van der Waals surface area contributed by atoms with Crippen LogP contribution in [0, 0.1) is 0 Å². The van der Waals surface area contributed by atoms with Crippen LogP contribution >= 0.6 is 47.1 Å². The number of Topliss-reactive ketones (excluding diaryl/α,β-unsaturated/α-hetero) is 2. The first-order valence-electron chi connectivity index (χ1n) is 7.00. The minimum atomic E-state index is -1.45. The van der Waals surface area contributed by atoms with E-state index in [-0.39, 0.29) is 13.3 Å². The van der Waals surface area contributed by atoms with Crippen LogP contribution in [-0.2, 0) is 28.8 Å². The first kappa shape index (κ1) is 24.4. The standard InChI is InChI=1S/C12H9Cl4N7O6/c1-4(24)6(26)21(14)10-17-11(22(15)7(27)5(2)25)19-12(18-10)23(16)9(29)8(28)20(3)13/h1-3H3. The molecule has 0 radical (unpaired) electrons. The highest BCUT2D eigenvalue weighted by atomic mass is 35.5. The number of anilines is 3. The maximum atomic E-state index is 12.0. The number of amides is 4. The highest BCUT2D eigenvalue weighted by Gasteiger charge is 2.31. The van der Waals surface area contributed by atoms with E-state index in [1.165, 1.54) is 0 Å². The molecule has 1 rings (SSSR count). The van der Waals surface area contributed by atoms with Gasteiger partial charge < -0.3 is 0 Å². The van der Waals surface area contributed by atoms with E-state index in [1.807, 2.05) is 0 Å². The lowest BCUT2D eigenvalue weighted by Gasteiger charge is -2.18. The van der Waals surface area contributed by atoms with E-state index in [4.69, 9.17) is 47.1 Å². The second-order valence-corrected chi connectivity index (χ2v) is 6.41. The van der Waals surface area contributed by atoms with Crippen LogP contribution in [0.5, 0.6) is 0 Å². The first-order valence-corrected chi connectivity index (χ1v) is 8.36. The summed E-state index contributed by atoms with van der Waals surface area (Å²) in [6, 6.07) is 0. The summed E-state index contributed by atoms with van der Waals surface area (Å²) in [5.74, 6) is -9.88. The topological polar surface area (TPSA) is 154 Å². The molecular formula is C12H9Cl4N7O6. The minimum absolute atomic E-state index is 0.0574. The third-order valence-electron chi connectivity index (χ3n) is 2.73. The molecule has 0 aliphatic carbocycles. The van der Waals surface area contributed by atoms with Crippen LogP contribution in [0.4, 0.5) is 17.8 Å². The molecule has 1 aromatic rings. The smallest absolute Gasteiger partial charge is 0.289 e. The molecule has 0 N–H and O–H groups in total. The average Bonchev–Trinajstić information content (AvgIpc) is 2.68. The van der Waals surface area contributed by atoms with Gasteiger partial charge in [0.2, 0.25) is 11.6 Å². The van der Waals surface area contributed by atoms with Gasteiger partial charge in [-0.15, -0.1) is 0 Å². The summed E-state index contributed by atoms with van der Waals surface area (Å²) in [5.41, 5.74) is 0. The van der Waals surface area contributed by atoms with Gasteiger partial charge in [0.25, 0.3) is 17.8 Å². The molecule has 0 fully saturated rings. The summed E-state index contributed by atoms with van der Waals surface area (Å²) in [6.45, 7) is 1.78. The maximum Gasteiger partial charge on any atom is 0.334 e. The molecule has 0 bridgehead atoms. The van der Waals surface area contributed by atoms with Gasteiger partial charge >= 0.3 is 23.6 Å². The van der Waals surface area contributed by atoms with Crippen molar-refractivity contribution in [2.24, 2.45) is 0 Å². The Hall–Kier alpha value is -2.61. The Morgan fingerprint density at radius 2 is 0.862 bits per heavy atom. The Labute approximate surface area is 182 Å². The zero-order chi connectivity index (χ0) is 22.6. The Balaban J connectivity index is 3.55. The number of carbonyl (C=O) groups is 6. The Bertz CT molecular complexity index is 860. The van der Waals surface area contributed by atoms with E-state index in [2.05, 4.69) is 15.0 Å². The molecule has 1 aromatic heterocycles. The molecule has 0 aliphatic heterocycles. The number of hydrogen-bond donors (Lipinski definition) is 0. The highest BCUT2D eigenvalue weighted by molar-refractivity contribution is 6.55. The molecule has 0 spiro atoms. The lowest BCUT2D eigenvalue weighted by molar-refractivity contribution is -0.140. The van der Waals surface area contributed by atoms with Crippen molar-refractivity contribution < 1.29 is 28.8 Å². The van der Waals surface area contributed by atoms with Crippen LogP contribution in [-0.4, -0.2) is 61.6 Å². The SMILES string of the molecule is CC(=O)C(=O)N(Cl)c1nc(N(Cl)C(=O)C(C)=O)nc(N(Cl)C(=O)C(=O)N(C)Cl)n1. The van der Waals surface area contributed by atoms with Crippen molar-refractivity contribution in [2.75, 3.05) is 20.3 Å². The molecule has 0 atom stereocenters. The van der Waals surface area contributed by atoms with Gasteiger partial charge in [0, 0.05) is 68.0 Å². The predicted octanol–water partition coefficient (Wildman–Crippen LogP) is 0.122. The van der Waals surface area contributed by atoms with Gasteiger partial charge in [-0.05, 0) is 0 Å². The number of ketones is 2. The van der Waals surface area contributed by atoms with Crippen LogP contribution < -0.4 is 13.3 Å². The second kappa shape index (κ2) is 9.73. The van der Waals surface area contributed by atoms with E-state index in [1.54, 1.807) is 0 Å². The fraction of sp³-hybridized carbons (Fsp3) is 0.250. The van der Waals surface area contributed by atoms with E-state index in [0.29, 0.717) is 4.42 Å². The molecule has 0 aliphatic rings. The van der Waals surface area contributed by atoms with Gasteiger partial charge in [-0.25, -0.2) is 4.42 Å². The van der Waals surface area contributed by atoms with Gasteiger partial charge in [-0.1, -0.05) is 0 Å². The third kappa shape index (κ3) is 5.69. The molecule has 4 amide bonds. The van der Waals surface area contributed by atoms with Crippen LogP contribution in [0.3, 0.4) is 0 Å². The van der Waals surface area contributed by atoms with Crippen molar-refractivity contribution >= 4 is 100 Å².